The van der Waals surface area contributed by atoms with Crippen LogP contribution in [-0.2, 0) is 6.18 Å². The van der Waals surface area contributed by atoms with Gasteiger partial charge in [-0.2, -0.15) is 13.2 Å². The van der Waals surface area contributed by atoms with Gasteiger partial charge in [-0.3, -0.25) is 4.79 Å². The number of hydrogen-bond acceptors (Lipinski definition) is 2. The van der Waals surface area contributed by atoms with Crippen molar-refractivity contribution in [2.75, 3.05) is 0 Å². The van der Waals surface area contributed by atoms with Crippen LogP contribution in [0.2, 0.25) is 0 Å². The number of primary amides is 1. The number of rotatable bonds is 3. The Morgan fingerprint density at radius 3 is 2.33 bits per heavy atom. The Morgan fingerprint density at radius 1 is 1.14 bits per heavy atom. The average Bonchev–Trinajstić information content (AvgIpc) is 2.85. The van der Waals surface area contributed by atoms with Gasteiger partial charge in [0, 0.05) is 6.20 Å². The van der Waals surface area contributed by atoms with Crippen molar-refractivity contribution < 1.29 is 27.9 Å². The molecule has 0 spiro atoms. The zero-order valence-corrected chi connectivity index (χ0v) is 10.4. The van der Waals surface area contributed by atoms with Crippen molar-refractivity contribution in [3.63, 3.8) is 0 Å². The highest BCUT2D eigenvalue weighted by molar-refractivity contribution is 5.95. The second kappa shape index (κ2) is 4.97. The van der Waals surface area contributed by atoms with E-state index >= 15 is 0 Å². The molecular weight excluding hydrogens is 289 g/mol. The highest BCUT2D eigenvalue weighted by Gasteiger charge is 2.36. The van der Waals surface area contributed by atoms with Crippen LogP contribution in [0.15, 0.2) is 36.5 Å². The van der Waals surface area contributed by atoms with Crippen molar-refractivity contribution >= 4 is 11.9 Å². The van der Waals surface area contributed by atoms with Crippen molar-refractivity contribution in [2.24, 2.45) is 5.73 Å². The monoisotopic (exact) mass is 298 g/mol. The molecule has 1 aromatic carbocycles. The fourth-order valence-electron chi connectivity index (χ4n) is 1.98. The van der Waals surface area contributed by atoms with Crippen LogP contribution in [0.1, 0.15) is 26.4 Å². The van der Waals surface area contributed by atoms with Crippen LogP contribution in [0.3, 0.4) is 0 Å². The molecule has 0 saturated heterocycles. The molecule has 110 valence electrons. The molecule has 5 nitrogen and oxygen atoms in total. The van der Waals surface area contributed by atoms with E-state index in [4.69, 9.17) is 10.8 Å². The number of carboxylic acid groups (broad SMARTS) is 1. The molecule has 0 fully saturated rings. The van der Waals surface area contributed by atoms with E-state index in [9.17, 15) is 22.8 Å². The number of hydrogen-bond donors (Lipinski definition) is 2. The molecule has 1 heterocycles. The first-order valence-corrected chi connectivity index (χ1v) is 5.64. The predicted molar refractivity (Wildman–Crippen MR) is 66.2 cm³/mol. The van der Waals surface area contributed by atoms with Crippen molar-refractivity contribution in [3.8, 4) is 5.69 Å². The summed E-state index contributed by atoms with van der Waals surface area (Å²) in [4.78, 5) is 22.5. The molecule has 0 unspecified atom stereocenters. The van der Waals surface area contributed by atoms with Gasteiger partial charge < -0.3 is 15.4 Å². The summed E-state index contributed by atoms with van der Waals surface area (Å²) in [6.45, 7) is 0. The lowest BCUT2D eigenvalue weighted by Crippen LogP contribution is -2.20. The average molecular weight is 298 g/mol. The van der Waals surface area contributed by atoms with Gasteiger partial charge in [-0.05, 0) is 24.3 Å². The topological polar surface area (TPSA) is 85.3 Å². The predicted octanol–water partition coefficient (Wildman–Crippen LogP) is 2.29. The normalized spacial score (nSPS) is 11.4. The van der Waals surface area contributed by atoms with Gasteiger partial charge in [-0.15, -0.1) is 0 Å². The lowest BCUT2D eigenvalue weighted by Gasteiger charge is -2.17. The maximum Gasteiger partial charge on any atom is 0.418 e. The van der Waals surface area contributed by atoms with E-state index < -0.39 is 34.9 Å². The number of halogens is 3. The molecule has 8 heteroatoms. The molecule has 3 N–H and O–H groups in total. The van der Waals surface area contributed by atoms with Crippen molar-refractivity contribution in [2.45, 2.75) is 6.18 Å². The summed E-state index contributed by atoms with van der Waals surface area (Å²) in [7, 11) is 0. The fourth-order valence-corrected chi connectivity index (χ4v) is 1.98. The lowest BCUT2D eigenvalue weighted by atomic mass is 10.1. The Balaban J connectivity index is 2.85. The Bertz CT molecular complexity index is 720. The fraction of sp³-hybridized carbons (Fsp3) is 0.0769. The molecule has 1 aromatic heterocycles. The van der Waals surface area contributed by atoms with Gasteiger partial charge in [0.25, 0.3) is 5.91 Å². The van der Waals surface area contributed by atoms with Gasteiger partial charge in [0.1, 0.15) is 5.69 Å². The van der Waals surface area contributed by atoms with Crippen LogP contribution < -0.4 is 5.73 Å². The van der Waals surface area contributed by atoms with Crippen LogP contribution in [0.5, 0.6) is 0 Å². The number of nitrogens with two attached hydrogens (primary N) is 1. The van der Waals surface area contributed by atoms with Crippen LogP contribution in [-0.4, -0.2) is 21.6 Å². The molecule has 0 radical (unpaired) electrons. The molecule has 1 amide bonds. The number of para-hydroxylation sites is 1. The molecule has 0 atom stereocenters. The van der Waals surface area contributed by atoms with Crippen molar-refractivity contribution in [1.82, 2.24) is 4.57 Å². The summed E-state index contributed by atoms with van der Waals surface area (Å²) in [5.74, 6) is -2.51. The SMILES string of the molecule is NC(=O)c1cccn1-c1c(C(=O)O)cccc1C(F)(F)F. The maximum absolute atomic E-state index is 13.1. The minimum Gasteiger partial charge on any atom is -0.478 e. The molecule has 0 aliphatic rings. The van der Waals surface area contributed by atoms with Gasteiger partial charge in [-0.1, -0.05) is 6.07 Å². The number of carbonyl (C=O) groups excluding carboxylic acids is 1. The van der Waals surface area contributed by atoms with Crippen molar-refractivity contribution in [1.29, 1.82) is 0 Å². The van der Waals surface area contributed by atoms with E-state index in [1.54, 1.807) is 0 Å². The quantitative estimate of drug-likeness (QED) is 0.911. The minimum absolute atomic E-state index is 0.241. The number of amides is 1. The molecule has 0 aliphatic carbocycles. The molecule has 0 bridgehead atoms. The van der Waals surface area contributed by atoms with E-state index in [1.165, 1.54) is 12.1 Å². The summed E-state index contributed by atoms with van der Waals surface area (Å²) in [6.07, 6.45) is -3.63. The van der Waals surface area contributed by atoms with Gasteiger partial charge >= 0.3 is 12.1 Å². The number of aromatic nitrogens is 1. The number of benzene rings is 1. The van der Waals surface area contributed by atoms with Gasteiger partial charge in [-0.25, -0.2) is 4.79 Å². The van der Waals surface area contributed by atoms with Crippen LogP contribution in [0.4, 0.5) is 13.2 Å². The van der Waals surface area contributed by atoms with Gasteiger partial charge in [0.05, 0.1) is 16.8 Å². The molecular formula is C13H9F3N2O3. The smallest absolute Gasteiger partial charge is 0.418 e. The first kappa shape index (κ1) is 14.6. The summed E-state index contributed by atoms with van der Waals surface area (Å²) >= 11 is 0. The Hall–Kier alpha value is -2.77. The van der Waals surface area contributed by atoms with E-state index in [1.807, 2.05) is 0 Å². The van der Waals surface area contributed by atoms with E-state index in [2.05, 4.69) is 0 Å². The Morgan fingerprint density at radius 2 is 1.81 bits per heavy atom. The number of aromatic carboxylic acids is 1. The van der Waals surface area contributed by atoms with Gasteiger partial charge in [0.15, 0.2) is 0 Å². The Labute approximate surface area is 116 Å². The summed E-state index contributed by atoms with van der Waals surface area (Å²) in [6, 6.07) is 5.27. The van der Waals surface area contributed by atoms with E-state index in [-0.39, 0.29) is 5.69 Å². The number of carbonyl (C=O) groups is 2. The summed E-state index contributed by atoms with van der Waals surface area (Å²) < 4.78 is 40.1. The maximum atomic E-state index is 13.1. The second-order valence-corrected chi connectivity index (χ2v) is 4.13. The first-order valence-electron chi connectivity index (χ1n) is 5.64. The van der Waals surface area contributed by atoms with Crippen LogP contribution in [0, 0.1) is 0 Å². The van der Waals surface area contributed by atoms with Crippen molar-refractivity contribution in [3.05, 3.63) is 53.3 Å². The molecule has 2 aromatic rings. The van der Waals surface area contributed by atoms with E-state index in [0.717, 1.165) is 29.0 Å². The summed E-state index contributed by atoms with van der Waals surface area (Å²) in [5, 5.41) is 9.09. The number of carboxylic acids is 1. The third kappa shape index (κ3) is 2.60. The molecule has 2 rings (SSSR count). The molecule has 0 aliphatic heterocycles. The van der Waals surface area contributed by atoms with Crippen LogP contribution in [0.25, 0.3) is 5.69 Å². The zero-order valence-electron chi connectivity index (χ0n) is 10.4. The Kier molecular flexibility index (Phi) is 3.46. The largest absolute Gasteiger partial charge is 0.478 e. The molecule has 0 saturated carbocycles. The zero-order chi connectivity index (χ0) is 15.8. The lowest BCUT2D eigenvalue weighted by molar-refractivity contribution is -0.137. The third-order valence-electron chi connectivity index (χ3n) is 2.81. The summed E-state index contributed by atoms with van der Waals surface area (Å²) in [5.41, 5.74) is 2.46. The standard InChI is InChI=1S/C13H9F3N2O3/c14-13(15,16)8-4-1-3-7(12(20)21)10(8)18-6-2-5-9(18)11(17)19/h1-6H,(H2,17,19)(H,20,21). The number of alkyl halides is 3. The van der Waals surface area contributed by atoms with Gasteiger partial charge in [0.2, 0.25) is 0 Å². The number of nitrogens with zero attached hydrogens (tertiary/aromatic N) is 1. The highest BCUT2D eigenvalue weighted by atomic mass is 19.4. The molecule has 21 heavy (non-hydrogen) atoms. The highest BCUT2D eigenvalue weighted by Crippen LogP contribution is 2.36. The van der Waals surface area contributed by atoms with E-state index in [0.29, 0.717) is 0 Å². The first-order chi connectivity index (χ1) is 9.73. The van der Waals surface area contributed by atoms with Crippen LogP contribution >= 0.6 is 0 Å². The minimum atomic E-state index is -4.78. The second-order valence-electron chi connectivity index (χ2n) is 4.13. The third-order valence-corrected chi connectivity index (χ3v) is 2.81.